The Hall–Kier alpha value is -1.74. The van der Waals surface area contributed by atoms with E-state index in [9.17, 15) is 0 Å². The van der Waals surface area contributed by atoms with E-state index in [4.69, 9.17) is 23.1 Å². The molecule has 1 aromatic carbocycles. The zero-order valence-corrected chi connectivity index (χ0v) is 6.86. The second kappa shape index (κ2) is 3.78. The average molecular weight is 172 g/mol. The zero-order chi connectivity index (χ0) is 9.84. The van der Waals surface area contributed by atoms with Crippen LogP contribution in [0.3, 0.4) is 0 Å². The van der Waals surface area contributed by atoms with Crippen LogP contribution in [0.4, 0.5) is 0 Å². The van der Waals surface area contributed by atoms with Crippen molar-refractivity contribution in [3.8, 4) is 24.7 Å². The van der Waals surface area contributed by atoms with E-state index in [-0.39, 0.29) is 0 Å². The summed E-state index contributed by atoms with van der Waals surface area (Å²) in [6.07, 6.45) is 8.78. The largest absolute Gasteiger partial charge is 0.364 e. The van der Waals surface area contributed by atoms with E-state index in [0.717, 1.165) is 0 Å². The molecule has 0 unspecified atom stereocenters. The Morgan fingerprint density at radius 2 is 1.46 bits per heavy atom. The van der Waals surface area contributed by atoms with Gasteiger partial charge in [0.05, 0.1) is 0 Å². The summed E-state index contributed by atoms with van der Waals surface area (Å²) in [6, 6.07) is 4.64. The summed E-state index contributed by atoms with van der Waals surface area (Å²) in [5, 5.41) is 17.8. The molecule has 2 heteroatoms. The maximum atomic E-state index is 8.88. The van der Waals surface area contributed by atoms with E-state index in [1.54, 1.807) is 6.07 Å². The fourth-order valence-electron chi connectivity index (χ4n) is 0.967. The number of benzene rings is 1. The van der Waals surface area contributed by atoms with Gasteiger partial charge >= 0.3 is 0 Å². The molecule has 0 aliphatic rings. The van der Waals surface area contributed by atoms with E-state index in [1.165, 1.54) is 12.1 Å². The first-order valence-electron chi connectivity index (χ1n) is 3.61. The number of hydrogen-bond donors (Lipinski definition) is 2. The molecule has 2 N–H and O–H groups in total. The van der Waals surface area contributed by atoms with Crippen molar-refractivity contribution < 1.29 is 10.2 Å². The van der Waals surface area contributed by atoms with Crippen molar-refractivity contribution in [2.45, 2.75) is 6.29 Å². The van der Waals surface area contributed by atoms with Gasteiger partial charge in [-0.1, -0.05) is 11.8 Å². The highest BCUT2D eigenvalue weighted by molar-refractivity contribution is 5.45. The quantitative estimate of drug-likeness (QED) is 0.482. The molecule has 0 aromatic heterocycles. The fraction of sp³-hybridized carbons (Fsp3) is 0.0909. The SMILES string of the molecule is C#Cc1cc(C#C)cc(C(O)O)c1. The predicted octanol–water partition coefficient (Wildman–Crippen LogP) is 0.632. The van der Waals surface area contributed by atoms with Crippen molar-refractivity contribution >= 4 is 0 Å². The van der Waals surface area contributed by atoms with E-state index < -0.39 is 6.29 Å². The summed E-state index contributed by atoms with van der Waals surface area (Å²) in [5.74, 6) is 4.76. The molecular weight excluding hydrogens is 164 g/mol. The monoisotopic (exact) mass is 172 g/mol. The number of aliphatic hydroxyl groups is 2. The molecule has 2 nitrogen and oxygen atoms in total. The van der Waals surface area contributed by atoms with Gasteiger partial charge in [0.25, 0.3) is 0 Å². The standard InChI is InChI=1S/C11H8O2/c1-3-8-5-9(4-2)7-10(6-8)11(12)13/h1-2,5-7,11-13H. The van der Waals surface area contributed by atoms with E-state index >= 15 is 0 Å². The van der Waals surface area contributed by atoms with E-state index in [0.29, 0.717) is 16.7 Å². The molecule has 0 saturated carbocycles. The average Bonchev–Trinajstić information content (AvgIpc) is 2.16. The second-order valence-corrected chi connectivity index (χ2v) is 2.51. The first-order valence-corrected chi connectivity index (χ1v) is 3.61. The van der Waals surface area contributed by atoms with Gasteiger partial charge in [-0.25, -0.2) is 0 Å². The van der Waals surface area contributed by atoms with Crippen molar-refractivity contribution in [1.82, 2.24) is 0 Å². The topological polar surface area (TPSA) is 40.5 Å². The van der Waals surface area contributed by atoms with Gasteiger partial charge in [-0.3, -0.25) is 0 Å². The molecule has 0 radical (unpaired) electrons. The van der Waals surface area contributed by atoms with Crippen LogP contribution in [0.2, 0.25) is 0 Å². The number of aliphatic hydroxyl groups excluding tert-OH is 1. The van der Waals surface area contributed by atoms with Crippen molar-refractivity contribution in [2.75, 3.05) is 0 Å². The molecule has 0 heterocycles. The molecule has 13 heavy (non-hydrogen) atoms. The molecule has 1 aromatic rings. The lowest BCUT2D eigenvalue weighted by atomic mass is 10.1. The van der Waals surface area contributed by atoms with Crippen molar-refractivity contribution in [3.05, 3.63) is 34.9 Å². The highest BCUT2D eigenvalue weighted by Crippen LogP contribution is 2.14. The number of hydrogen-bond acceptors (Lipinski definition) is 2. The predicted molar refractivity (Wildman–Crippen MR) is 49.5 cm³/mol. The Labute approximate surface area is 76.8 Å². The van der Waals surface area contributed by atoms with Gasteiger partial charge in [-0.05, 0) is 18.2 Å². The number of rotatable bonds is 1. The minimum absolute atomic E-state index is 0.309. The van der Waals surface area contributed by atoms with Crippen LogP contribution in [0.1, 0.15) is 23.0 Å². The molecule has 0 bridgehead atoms. The lowest BCUT2D eigenvalue weighted by Crippen LogP contribution is -1.96. The van der Waals surface area contributed by atoms with Crippen LogP contribution in [0.25, 0.3) is 0 Å². The minimum Gasteiger partial charge on any atom is -0.364 e. The Bertz CT molecular complexity index is 359. The van der Waals surface area contributed by atoms with E-state index in [2.05, 4.69) is 11.8 Å². The van der Waals surface area contributed by atoms with Gasteiger partial charge in [-0.15, -0.1) is 12.8 Å². The number of terminal acetylenes is 2. The van der Waals surface area contributed by atoms with Crippen molar-refractivity contribution in [1.29, 1.82) is 0 Å². The van der Waals surface area contributed by atoms with Crippen LogP contribution in [-0.2, 0) is 0 Å². The van der Waals surface area contributed by atoms with Gasteiger partial charge < -0.3 is 10.2 Å². The molecule has 0 spiro atoms. The first kappa shape index (κ1) is 9.35. The molecule has 0 fully saturated rings. The summed E-state index contributed by atoms with van der Waals surface area (Å²) >= 11 is 0. The van der Waals surface area contributed by atoms with Crippen LogP contribution in [0.5, 0.6) is 0 Å². The summed E-state index contributed by atoms with van der Waals surface area (Å²) in [5.41, 5.74) is 1.39. The third-order valence-corrected chi connectivity index (χ3v) is 1.59. The van der Waals surface area contributed by atoms with Crippen LogP contribution < -0.4 is 0 Å². The molecular formula is C11H8O2. The third-order valence-electron chi connectivity index (χ3n) is 1.59. The maximum Gasteiger partial charge on any atom is 0.178 e. The van der Waals surface area contributed by atoms with Gasteiger partial charge in [0.2, 0.25) is 0 Å². The van der Waals surface area contributed by atoms with E-state index in [1.807, 2.05) is 0 Å². The van der Waals surface area contributed by atoms with Crippen molar-refractivity contribution in [2.24, 2.45) is 0 Å². The van der Waals surface area contributed by atoms with Gasteiger partial charge in [0.15, 0.2) is 6.29 Å². The molecule has 1 rings (SSSR count). The van der Waals surface area contributed by atoms with Gasteiger partial charge in [0, 0.05) is 16.7 Å². The molecule has 0 aliphatic heterocycles. The van der Waals surface area contributed by atoms with Crippen molar-refractivity contribution in [3.63, 3.8) is 0 Å². The summed E-state index contributed by atoms with van der Waals surface area (Å²) < 4.78 is 0. The molecule has 0 saturated heterocycles. The second-order valence-electron chi connectivity index (χ2n) is 2.51. The van der Waals surface area contributed by atoms with Crippen LogP contribution in [-0.4, -0.2) is 10.2 Å². The van der Waals surface area contributed by atoms with Crippen LogP contribution >= 0.6 is 0 Å². The lowest BCUT2D eigenvalue weighted by Gasteiger charge is -2.04. The Kier molecular flexibility index (Phi) is 2.72. The highest BCUT2D eigenvalue weighted by atomic mass is 16.5. The summed E-state index contributed by atoms with van der Waals surface area (Å²) in [4.78, 5) is 0. The zero-order valence-electron chi connectivity index (χ0n) is 6.86. The Balaban J connectivity index is 3.27. The maximum absolute atomic E-state index is 8.88. The minimum atomic E-state index is -1.54. The van der Waals surface area contributed by atoms with Crippen LogP contribution in [0.15, 0.2) is 18.2 Å². The molecule has 0 aliphatic carbocycles. The van der Waals surface area contributed by atoms with Crippen LogP contribution in [0, 0.1) is 24.7 Å². The summed E-state index contributed by atoms with van der Waals surface area (Å²) in [7, 11) is 0. The normalized spacial score (nSPS) is 9.31. The lowest BCUT2D eigenvalue weighted by molar-refractivity contribution is -0.0425. The third kappa shape index (κ3) is 2.10. The molecule has 64 valence electrons. The Morgan fingerprint density at radius 3 is 1.77 bits per heavy atom. The fourth-order valence-corrected chi connectivity index (χ4v) is 0.967. The molecule has 0 atom stereocenters. The Morgan fingerprint density at radius 1 is 1.00 bits per heavy atom. The first-order chi connectivity index (χ1) is 6.17. The molecule has 0 amide bonds. The highest BCUT2D eigenvalue weighted by Gasteiger charge is 2.04. The van der Waals surface area contributed by atoms with Gasteiger partial charge in [0.1, 0.15) is 0 Å². The smallest absolute Gasteiger partial charge is 0.178 e. The summed E-state index contributed by atoms with van der Waals surface area (Å²) in [6.45, 7) is 0. The van der Waals surface area contributed by atoms with Gasteiger partial charge in [-0.2, -0.15) is 0 Å².